The summed E-state index contributed by atoms with van der Waals surface area (Å²) in [6.45, 7) is 0.477. The third-order valence-corrected chi connectivity index (χ3v) is 4.55. The van der Waals surface area contributed by atoms with Crippen LogP contribution in [-0.4, -0.2) is 10.2 Å². The van der Waals surface area contributed by atoms with E-state index < -0.39 is 0 Å². The Morgan fingerprint density at radius 2 is 1.92 bits per heavy atom. The minimum atomic E-state index is 0.0881. The second-order valence-electron chi connectivity index (χ2n) is 5.22. The van der Waals surface area contributed by atoms with Gasteiger partial charge in [0.05, 0.1) is 18.8 Å². The lowest BCUT2D eigenvalue weighted by molar-refractivity contribution is 0.450. The van der Waals surface area contributed by atoms with Gasteiger partial charge in [-0.05, 0) is 29.1 Å². The van der Waals surface area contributed by atoms with Crippen molar-refractivity contribution in [3.63, 3.8) is 0 Å². The van der Waals surface area contributed by atoms with Crippen molar-refractivity contribution in [2.75, 3.05) is 0 Å². The number of rotatable bonds is 6. The van der Waals surface area contributed by atoms with Gasteiger partial charge in [0.25, 0.3) is 5.89 Å². The number of furan rings is 1. The molecule has 6 heteroatoms. The lowest BCUT2D eigenvalue weighted by Crippen LogP contribution is -2.21. The molecule has 0 aliphatic heterocycles. The van der Waals surface area contributed by atoms with Gasteiger partial charge in [-0.25, -0.2) is 0 Å². The fourth-order valence-electron chi connectivity index (χ4n) is 2.50. The van der Waals surface area contributed by atoms with Crippen molar-refractivity contribution in [2.24, 2.45) is 0 Å². The zero-order valence-electron chi connectivity index (χ0n) is 12.8. The fourth-order valence-corrected chi connectivity index (χ4v) is 3.32. The summed E-state index contributed by atoms with van der Waals surface area (Å²) in [6, 6.07) is 18.2. The highest BCUT2D eigenvalue weighted by Gasteiger charge is 2.17. The summed E-state index contributed by atoms with van der Waals surface area (Å²) in [4.78, 5) is 1.24. The van der Waals surface area contributed by atoms with Gasteiger partial charge < -0.3 is 8.83 Å². The standard InChI is InChI=1S/C18H15N3O2S/c1-2-6-13(7-3-1)17(15-9-5-11-24-15)19-12-16-20-21-18(23-16)14-8-4-10-22-14/h1-11,17,19H,12H2/t17-/m0/s1. The molecule has 120 valence electrons. The highest BCUT2D eigenvalue weighted by atomic mass is 32.1. The molecule has 3 aromatic heterocycles. The van der Waals surface area contributed by atoms with Gasteiger partial charge in [-0.2, -0.15) is 0 Å². The minimum Gasteiger partial charge on any atom is -0.459 e. The highest BCUT2D eigenvalue weighted by molar-refractivity contribution is 7.10. The quantitative estimate of drug-likeness (QED) is 0.569. The number of nitrogens with zero attached hydrogens (tertiary/aromatic N) is 2. The Hall–Kier alpha value is -2.70. The van der Waals surface area contributed by atoms with E-state index in [0.717, 1.165) is 0 Å². The Balaban J connectivity index is 1.52. The summed E-state index contributed by atoms with van der Waals surface area (Å²) in [5, 5.41) is 13.7. The molecule has 1 aromatic carbocycles. The van der Waals surface area contributed by atoms with Gasteiger partial charge in [-0.3, -0.25) is 5.32 Å². The van der Waals surface area contributed by atoms with Crippen LogP contribution in [0.15, 0.2) is 75.1 Å². The number of nitrogens with one attached hydrogen (secondary N) is 1. The van der Waals surface area contributed by atoms with E-state index in [1.165, 1.54) is 10.4 Å². The molecular weight excluding hydrogens is 322 g/mol. The SMILES string of the molecule is c1ccc([C@H](NCc2nnc(-c3ccco3)o2)c2cccs2)cc1. The zero-order valence-corrected chi connectivity index (χ0v) is 13.6. The van der Waals surface area contributed by atoms with Gasteiger partial charge in [0.15, 0.2) is 5.76 Å². The van der Waals surface area contributed by atoms with E-state index in [0.29, 0.717) is 24.1 Å². The van der Waals surface area contributed by atoms with Crippen molar-refractivity contribution in [2.45, 2.75) is 12.6 Å². The smallest absolute Gasteiger partial charge is 0.283 e. The molecule has 24 heavy (non-hydrogen) atoms. The first-order valence-electron chi connectivity index (χ1n) is 7.58. The number of aromatic nitrogens is 2. The molecule has 0 spiro atoms. The van der Waals surface area contributed by atoms with E-state index >= 15 is 0 Å². The van der Waals surface area contributed by atoms with Crippen LogP contribution in [0.2, 0.25) is 0 Å². The maximum absolute atomic E-state index is 5.66. The van der Waals surface area contributed by atoms with Crippen molar-refractivity contribution in [1.29, 1.82) is 0 Å². The molecular formula is C18H15N3O2S. The van der Waals surface area contributed by atoms with Crippen LogP contribution in [0, 0.1) is 0 Å². The third kappa shape index (κ3) is 3.15. The van der Waals surface area contributed by atoms with Gasteiger partial charge >= 0.3 is 0 Å². The van der Waals surface area contributed by atoms with Crippen LogP contribution in [0.1, 0.15) is 22.4 Å². The Morgan fingerprint density at radius 3 is 2.67 bits per heavy atom. The third-order valence-electron chi connectivity index (χ3n) is 3.62. The van der Waals surface area contributed by atoms with Crippen molar-refractivity contribution in [3.05, 3.63) is 82.6 Å². The van der Waals surface area contributed by atoms with Gasteiger partial charge in [-0.15, -0.1) is 21.5 Å². The largest absolute Gasteiger partial charge is 0.459 e. The highest BCUT2D eigenvalue weighted by Crippen LogP contribution is 2.26. The topological polar surface area (TPSA) is 64.1 Å². The van der Waals surface area contributed by atoms with E-state index in [-0.39, 0.29) is 6.04 Å². The minimum absolute atomic E-state index is 0.0881. The van der Waals surface area contributed by atoms with Crippen molar-refractivity contribution in [3.8, 4) is 11.7 Å². The van der Waals surface area contributed by atoms with Crippen LogP contribution in [0.4, 0.5) is 0 Å². The average Bonchev–Trinajstić information content (AvgIpc) is 3.38. The second kappa shape index (κ2) is 6.82. The van der Waals surface area contributed by atoms with Gasteiger partial charge in [0.1, 0.15) is 0 Å². The van der Waals surface area contributed by atoms with E-state index in [9.17, 15) is 0 Å². The van der Waals surface area contributed by atoms with Crippen molar-refractivity contribution < 1.29 is 8.83 Å². The summed E-state index contributed by atoms with van der Waals surface area (Å²) in [6.07, 6.45) is 1.58. The number of hydrogen-bond acceptors (Lipinski definition) is 6. The van der Waals surface area contributed by atoms with E-state index in [4.69, 9.17) is 8.83 Å². The zero-order chi connectivity index (χ0) is 16.2. The predicted molar refractivity (Wildman–Crippen MR) is 91.4 cm³/mol. The molecule has 0 saturated carbocycles. The first kappa shape index (κ1) is 14.9. The summed E-state index contributed by atoms with van der Waals surface area (Å²) in [5.74, 6) is 1.50. The summed E-state index contributed by atoms with van der Waals surface area (Å²) >= 11 is 1.72. The van der Waals surface area contributed by atoms with Crippen LogP contribution < -0.4 is 5.32 Å². The van der Waals surface area contributed by atoms with Crippen LogP contribution in [0.25, 0.3) is 11.7 Å². The molecule has 0 radical (unpaired) electrons. The first-order chi connectivity index (χ1) is 11.9. The first-order valence-corrected chi connectivity index (χ1v) is 8.46. The molecule has 1 N–H and O–H groups in total. The molecule has 0 fully saturated rings. The fraction of sp³-hybridized carbons (Fsp3) is 0.111. The maximum atomic E-state index is 5.66. The van der Waals surface area contributed by atoms with Gasteiger partial charge in [0, 0.05) is 4.88 Å². The Bertz CT molecular complexity index is 870. The van der Waals surface area contributed by atoms with Crippen LogP contribution in [0.3, 0.4) is 0 Å². The molecule has 0 saturated heterocycles. The van der Waals surface area contributed by atoms with Crippen molar-refractivity contribution >= 4 is 11.3 Å². The molecule has 0 unspecified atom stereocenters. The molecule has 4 rings (SSSR count). The van der Waals surface area contributed by atoms with Crippen LogP contribution in [-0.2, 0) is 6.54 Å². The second-order valence-corrected chi connectivity index (χ2v) is 6.20. The molecule has 0 aliphatic carbocycles. The molecule has 1 atom stereocenters. The van der Waals surface area contributed by atoms with E-state index in [2.05, 4.69) is 45.2 Å². The van der Waals surface area contributed by atoms with Gasteiger partial charge in [0.2, 0.25) is 5.89 Å². The van der Waals surface area contributed by atoms with Crippen LogP contribution >= 0.6 is 11.3 Å². The normalized spacial score (nSPS) is 12.3. The predicted octanol–water partition coefficient (Wildman–Crippen LogP) is 4.27. The lowest BCUT2D eigenvalue weighted by atomic mass is 10.1. The molecule has 0 bridgehead atoms. The molecule has 4 aromatic rings. The number of thiophene rings is 1. The summed E-state index contributed by atoms with van der Waals surface area (Å²) in [7, 11) is 0. The monoisotopic (exact) mass is 337 g/mol. The molecule has 5 nitrogen and oxygen atoms in total. The Kier molecular flexibility index (Phi) is 4.22. The summed E-state index contributed by atoms with van der Waals surface area (Å²) < 4.78 is 10.9. The van der Waals surface area contributed by atoms with Crippen LogP contribution in [0.5, 0.6) is 0 Å². The summed E-state index contributed by atoms with van der Waals surface area (Å²) in [5.41, 5.74) is 1.20. The van der Waals surface area contributed by atoms with E-state index in [1.54, 1.807) is 29.7 Å². The lowest BCUT2D eigenvalue weighted by Gasteiger charge is -2.16. The average molecular weight is 337 g/mol. The van der Waals surface area contributed by atoms with Gasteiger partial charge in [-0.1, -0.05) is 36.4 Å². The maximum Gasteiger partial charge on any atom is 0.283 e. The van der Waals surface area contributed by atoms with E-state index in [1.807, 2.05) is 18.2 Å². The number of hydrogen-bond donors (Lipinski definition) is 1. The van der Waals surface area contributed by atoms with Crippen molar-refractivity contribution in [1.82, 2.24) is 15.5 Å². The molecule has 3 heterocycles. The Labute approximate surface area is 143 Å². The number of benzene rings is 1. The Morgan fingerprint density at radius 1 is 1.00 bits per heavy atom. The molecule has 0 amide bonds. The molecule has 0 aliphatic rings.